The summed E-state index contributed by atoms with van der Waals surface area (Å²) in [7, 11) is 1.70. The summed E-state index contributed by atoms with van der Waals surface area (Å²) in [5, 5.41) is 6.00. The highest BCUT2D eigenvalue weighted by atomic mass is 16.2. The average Bonchev–Trinajstić information content (AvgIpc) is 2.68. The smallest absolute Gasteiger partial charge is 0.237 e. The number of hydrogen-bond acceptors (Lipinski definition) is 5. The van der Waals surface area contributed by atoms with Gasteiger partial charge < -0.3 is 10.6 Å². The van der Waals surface area contributed by atoms with Gasteiger partial charge in [0.25, 0.3) is 0 Å². The number of likely N-dealkylation sites (N-methyl/N-ethyl adjacent to an activating group) is 1. The third-order valence-electron chi connectivity index (χ3n) is 4.55. The Hall–Kier alpha value is -2.47. The van der Waals surface area contributed by atoms with Crippen molar-refractivity contribution in [2.24, 2.45) is 0 Å². The van der Waals surface area contributed by atoms with Crippen LogP contribution in [0.5, 0.6) is 0 Å². The summed E-state index contributed by atoms with van der Waals surface area (Å²) in [6.45, 7) is 2.34. The molecule has 0 radical (unpaired) electrons. The van der Waals surface area contributed by atoms with Crippen LogP contribution in [0.2, 0.25) is 0 Å². The van der Waals surface area contributed by atoms with E-state index < -0.39 is 0 Å². The highest BCUT2D eigenvalue weighted by molar-refractivity contribution is 5.81. The van der Waals surface area contributed by atoms with Crippen LogP contribution in [0.4, 0.5) is 5.95 Å². The highest BCUT2D eigenvalue weighted by Gasteiger charge is 2.27. The van der Waals surface area contributed by atoms with E-state index in [0.717, 1.165) is 31.4 Å². The first-order valence-corrected chi connectivity index (χ1v) is 8.80. The molecule has 2 aromatic rings. The van der Waals surface area contributed by atoms with Gasteiger partial charge in [0, 0.05) is 38.1 Å². The predicted molar refractivity (Wildman–Crippen MR) is 97.9 cm³/mol. The number of hydrogen-bond donors (Lipinski definition) is 2. The van der Waals surface area contributed by atoms with Crippen molar-refractivity contribution in [1.82, 2.24) is 20.2 Å². The predicted octanol–water partition coefficient (Wildman–Crippen LogP) is 2.19. The molecule has 1 aliphatic rings. The number of benzene rings is 1. The van der Waals surface area contributed by atoms with E-state index in [1.165, 1.54) is 5.56 Å². The summed E-state index contributed by atoms with van der Waals surface area (Å²) in [5.41, 5.74) is 2.22. The van der Waals surface area contributed by atoms with Gasteiger partial charge in [-0.25, -0.2) is 9.97 Å². The molecule has 2 heterocycles. The summed E-state index contributed by atoms with van der Waals surface area (Å²) in [4.78, 5) is 23.1. The van der Waals surface area contributed by atoms with Gasteiger partial charge in [-0.2, -0.15) is 0 Å². The zero-order valence-corrected chi connectivity index (χ0v) is 14.6. The normalized spacial score (nSPS) is 17.9. The number of carbonyl (C=O) groups excluding carboxylic acids is 1. The van der Waals surface area contributed by atoms with Crippen molar-refractivity contribution in [3.8, 4) is 0 Å². The van der Waals surface area contributed by atoms with Crippen molar-refractivity contribution >= 4 is 11.9 Å². The van der Waals surface area contributed by atoms with Crippen LogP contribution in [0, 0.1) is 0 Å². The molecule has 0 aliphatic carbocycles. The molecule has 6 nitrogen and oxygen atoms in total. The van der Waals surface area contributed by atoms with Crippen molar-refractivity contribution in [1.29, 1.82) is 0 Å². The summed E-state index contributed by atoms with van der Waals surface area (Å²) >= 11 is 0. The Labute approximate surface area is 148 Å². The van der Waals surface area contributed by atoms with Crippen LogP contribution in [-0.4, -0.2) is 40.4 Å². The van der Waals surface area contributed by atoms with E-state index in [4.69, 9.17) is 0 Å². The van der Waals surface area contributed by atoms with Gasteiger partial charge in [0.1, 0.15) is 0 Å². The second-order valence-corrected chi connectivity index (χ2v) is 6.35. The van der Waals surface area contributed by atoms with E-state index in [0.29, 0.717) is 19.0 Å². The molecule has 1 saturated heterocycles. The van der Waals surface area contributed by atoms with E-state index in [-0.39, 0.29) is 11.9 Å². The van der Waals surface area contributed by atoms with Crippen molar-refractivity contribution in [3.63, 3.8) is 0 Å². The second-order valence-electron chi connectivity index (χ2n) is 6.35. The Morgan fingerprint density at radius 2 is 1.92 bits per heavy atom. The maximum atomic E-state index is 12.0. The molecule has 132 valence electrons. The van der Waals surface area contributed by atoms with Crippen molar-refractivity contribution in [3.05, 3.63) is 53.9 Å². The SMILES string of the molecule is CNC(=O)[C@@H]1CCCCN1Cc1cnc(NCc2ccccc2)nc1. The molecule has 1 fully saturated rings. The first-order valence-electron chi connectivity index (χ1n) is 8.80. The third kappa shape index (κ3) is 4.76. The summed E-state index contributed by atoms with van der Waals surface area (Å²) < 4.78 is 0. The summed E-state index contributed by atoms with van der Waals surface area (Å²) in [6.07, 6.45) is 6.83. The van der Waals surface area contributed by atoms with Crippen LogP contribution < -0.4 is 10.6 Å². The van der Waals surface area contributed by atoms with E-state index >= 15 is 0 Å². The van der Waals surface area contributed by atoms with Crippen LogP contribution in [0.1, 0.15) is 30.4 Å². The Bertz CT molecular complexity index is 674. The molecule has 0 unspecified atom stereocenters. The lowest BCUT2D eigenvalue weighted by Gasteiger charge is -2.34. The first kappa shape index (κ1) is 17.4. The van der Waals surface area contributed by atoms with Crippen molar-refractivity contribution < 1.29 is 4.79 Å². The number of nitrogens with one attached hydrogen (secondary N) is 2. The van der Waals surface area contributed by atoms with Crippen LogP contribution in [0.3, 0.4) is 0 Å². The van der Waals surface area contributed by atoms with Gasteiger partial charge in [-0.15, -0.1) is 0 Å². The van der Waals surface area contributed by atoms with Gasteiger partial charge in [0.05, 0.1) is 6.04 Å². The molecule has 1 aliphatic heterocycles. The zero-order chi connectivity index (χ0) is 17.5. The van der Waals surface area contributed by atoms with E-state index in [2.05, 4.69) is 37.6 Å². The summed E-state index contributed by atoms with van der Waals surface area (Å²) in [5.74, 6) is 0.718. The van der Waals surface area contributed by atoms with Crippen LogP contribution in [0.25, 0.3) is 0 Å². The fourth-order valence-corrected chi connectivity index (χ4v) is 3.18. The Kier molecular flexibility index (Phi) is 5.95. The lowest BCUT2D eigenvalue weighted by molar-refractivity contribution is -0.127. The van der Waals surface area contributed by atoms with Crippen LogP contribution >= 0.6 is 0 Å². The standard InChI is InChI=1S/C19H25N5O/c1-20-18(25)17-9-5-6-10-24(17)14-16-12-22-19(23-13-16)21-11-15-7-3-2-4-8-15/h2-4,7-8,12-13,17H,5-6,9-11,14H2,1H3,(H,20,25)(H,21,22,23)/t17-/m0/s1. The molecule has 0 saturated carbocycles. The maximum Gasteiger partial charge on any atom is 0.237 e. The fourth-order valence-electron chi connectivity index (χ4n) is 3.18. The molecule has 0 bridgehead atoms. The quantitative estimate of drug-likeness (QED) is 0.844. The van der Waals surface area contributed by atoms with Gasteiger partial charge in [-0.3, -0.25) is 9.69 Å². The van der Waals surface area contributed by atoms with Crippen molar-refractivity contribution in [2.75, 3.05) is 18.9 Å². The average molecular weight is 339 g/mol. The molecule has 1 aromatic carbocycles. The minimum absolute atomic E-state index is 0.0466. The zero-order valence-electron chi connectivity index (χ0n) is 14.6. The number of amides is 1. The molecule has 6 heteroatoms. The molecule has 1 atom stereocenters. The van der Waals surface area contributed by atoms with E-state index in [1.807, 2.05) is 30.6 Å². The molecule has 1 amide bonds. The molecule has 0 spiro atoms. The lowest BCUT2D eigenvalue weighted by atomic mass is 10.0. The first-order chi connectivity index (χ1) is 12.3. The fraction of sp³-hybridized carbons (Fsp3) is 0.421. The summed E-state index contributed by atoms with van der Waals surface area (Å²) in [6, 6.07) is 10.1. The van der Waals surface area contributed by atoms with Crippen LogP contribution in [0.15, 0.2) is 42.7 Å². The monoisotopic (exact) mass is 339 g/mol. The molecule has 3 rings (SSSR count). The third-order valence-corrected chi connectivity index (χ3v) is 4.55. The highest BCUT2D eigenvalue weighted by Crippen LogP contribution is 2.19. The number of aromatic nitrogens is 2. The number of likely N-dealkylation sites (tertiary alicyclic amines) is 1. The Morgan fingerprint density at radius 3 is 2.64 bits per heavy atom. The molecule has 1 aromatic heterocycles. The number of piperidine rings is 1. The van der Waals surface area contributed by atoms with Crippen LogP contribution in [-0.2, 0) is 17.9 Å². The van der Waals surface area contributed by atoms with Gasteiger partial charge >= 0.3 is 0 Å². The van der Waals surface area contributed by atoms with Crippen molar-refractivity contribution in [2.45, 2.75) is 38.4 Å². The van der Waals surface area contributed by atoms with Gasteiger partial charge in [0.2, 0.25) is 11.9 Å². The van der Waals surface area contributed by atoms with Gasteiger partial charge in [-0.1, -0.05) is 36.8 Å². The minimum Gasteiger partial charge on any atom is -0.358 e. The van der Waals surface area contributed by atoms with Gasteiger partial charge in [0.15, 0.2) is 0 Å². The minimum atomic E-state index is -0.0466. The number of carbonyl (C=O) groups is 1. The van der Waals surface area contributed by atoms with Gasteiger partial charge in [-0.05, 0) is 24.9 Å². The largest absolute Gasteiger partial charge is 0.358 e. The molecular formula is C19H25N5O. The molecular weight excluding hydrogens is 314 g/mol. The second kappa shape index (κ2) is 8.58. The Balaban J connectivity index is 1.57. The lowest BCUT2D eigenvalue weighted by Crippen LogP contribution is -2.48. The maximum absolute atomic E-state index is 12.0. The Morgan fingerprint density at radius 1 is 1.16 bits per heavy atom. The molecule has 25 heavy (non-hydrogen) atoms. The number of anilines is 1. The molecule has 2 N–H and O–H groups in total. The number of nitrogens with zero attached hydrogens (tertiary/aromatic N) is 3. The van der Waals surface area contributed by atoms with E-state index in [1.54, 1.807) is 7.05 Å². The van der Waals surface area contributed by atoms with E-state index in [9.17, 15) is 4.79 Å². The topological polar surface area (TPSA) is 70.2 Å². The number of rotatable bonds is 6.